The lowest BCUT2D eigenvalue weighted by molar-refractivity contribution is -0.142. The minimum atomic E-state index is -0.887. The van der Waals surface area contributed by atoms with Crippen LogP contribution in [0.3, 0.4) is 0 Å². The van der Waals surface area contributed by atoms with E-state index in [9.17, 15) is 19.2 Å². The third-order valence-corrected chi connectivity index (χ3v) is 5.02. The van der Waals surface area contributed by atoms with Crippen molar-refractivity contribution in [1.29, 1.82) is 0 Å². The maximum absolute atomic E-state index is 12.8. The molecule has 7 heteroatoms. The first-order chi connectivity index (χ1) is 16.5. The molecule has 7 nitrogen and oxygen atoms in total. The van der Waals surface area contributed by atoms with Crippen LogP contribution in [-0.2, 0) is 14.3 Å². The third-order valence-electron chi connectivity index (χ3n) is 5.02. The Morgan fingerprint density at radius 3 is 1.88 bits per heavy atom. The monoisotopic (exact) mass is 452 g/mol. The van der Waals surface area contributed by atoms with Crippen molar-refractivity contribution in [3.8, 4) is 0 Å². The summed E-state index contributed by atoms with van der Waals surface area (Å²) in [6.45, 7) is -0.576. The van der Waals surface area contributed by atoms with E-state index in [2.05, 4.69) is 5.32 Å². The maximum atomic E-state index is 12.8. The van der Waals surface area contributed by atoms with Gasteiger partial charge in [-0.25, -0.2) is 9.69 Å². The number of nitrogens with one attached hydrogen (secondary N) is 1. The zero-order valence-corrected chi connectivity index (χ0v) is 18.0. The van der Waals surface area contributed by atoms with Gasteiger partial charge in [0.1, 0.15) is 5.70 Å². The van der Waals surface area contributed by atoms with E-state index in [1.54, 1.807) is 42.5 Å². The fraction of sp³-hybridized carbons (Fsp3) is 0.0370. The minimum absolute atomic E-state index is 0.134. The van der Waals surface area contributed by atoms with E-state index in [1.807, 2.05) is 36.4 Å². The summed E-state index contributed by atoms with van der Waals surface area (Å²) in [5, 5.41) is 2.52. The van der Waals surface area contributed by atoms with Gasteiger partial charge < -0.3 is 10.1 Å². The lowest BCUT2D eigenvalue weighted by atomic mass is 10.1. The average Bonchev–Trinajstić information content (AvgIpc) is 3.11. The van der Waals surface area contributed by atoms with Crippen LogP contribution in [0, 0.1) is 0 Å². The molecule has 3 aromatic rings. The number of nitrogens with zero attached hydrogens (tertiary/aromatic N) is 1. The molecular formula is C27H20N2O5. The summed E-state index contributed by atoms with van der Waals surface area (Å²) in [4.78, 5) is 51.1. The maximum Gasteiger partial charge on any atom is 0.356 e. The van der Waals surface area contributed by atoms with E-state index in [0.717, 1.165) is 10.5 Å². The first kappa shape index (κ1) is 22.4. The molecule has 1 aliphatic rings. The topological polar surface area (TPSA) is 92.8 Å². The van der Waals surface area contributed by atoms with Crippen LogP contribution in [0.1, 0.15) is 31.8 Å². The molecule has 3 amide bonds. The van der Waals surface area contributed by atoms with Crippen LogP contribution in [-0.4, -0.2) is 35.3 Å². The van der Waals surface area contributed by atoms with Gasteiger partial charge in [-0.2, -0.15) is 0 Å². The summed E-state index contributed by atoms with van der Waals surface area (Å²) in [6, 6.07) is 24.5. The van der Waals surface area contributed by atoms with Crippen LogP contribution in [0.5, 0.6) is 0 Å². The second-order valence-corrected chi connectivity index (χ2v) is 7.35. The van der Waals surface area contributed by atoms with Crippen molar-refractivity contribution in [1.82, 2.24) is 10.2 Å². The molecule has 0 saturated heterocycles. The van der Waals surface area contributed by atoms with Crippen LogP contribution in [0.4, 0.5) is 0 Å². The number of hydrogen-bond acceptors (Lipinski definition) is 5. The Labute approximate surface area is 196 Å². The second-order valence-electron chi connectivity index (χ2n) is 7.35. The molecule has 0 saturated carbocycles. The molecular weight excluding hydrogens is 432 g/mol. The number of benzene rings is 3. The zero-order chi connectivity index (χ0) is 23.9. The van der Waals surface area contributed by atoms with Gasteiger partial charge in [-0.05, 0) is 35.4 Å². The molecule has 3 aromatic carbocycles. The molecule has 0 unspecified atom stereocenters. The van der Waals surface area contributed by atoms with E-state index < -0.39 is 30.4 Å². The van der Waals surface area contributed by atoms with Gasteiger partial charge in [0.2, 0.25) is 5.91 Å². The molecule has 168 valence electrons. The highest BCUT2D eigenvalue weighted by Gasteiger charge is 2.36. The molecule has 1 aliphatic heterocycles. The van der Waals surface area contributed by atoms with Crippen LogP contribution >= 0.6 is 0 Å². The molecule has 0 fully saturated rings. The highest BCUT2D eigenvalue weighted by Crippen LogP contribution is 2.22. The number of ether oxygens (including phenoxy) is 1. The largest absolute Gasteiger partial charge is 0.439 e. The highest BCUT2D eigenvalue weighted by atomic mass is 16.5. The number of hydrogen-bond donors (Lipinski definition) is 1. The van der Waals surface area contributed by atoms with E-state index in [0.29, 0.717) is 5.56 Å². The normalized spacial score (nSPS) is 13.2. The van der Waals surface area contributed by atoms with Gasteiger partial charge in [0.15, 0.2) is 6.73 Å². The Balaban J connectivity index is 1.48. The van der Waals surface area contributed by atoms with Gasteiger partial charge in [0.05, 0.1) is 11.1 Å². The predicted octanol–water partition coefficient (Wildman–Crippen LogP) is 3.65. The Hall–Kier alpha value is -4.78. The minimum Gasteiger partial charge on any atom is -0.439 e. The van der Waals surface area contributed by atoms with Crippen molar-refractivity contribution in [3.05, 3.63) is 119 Å². The first-order valence-corrected chi connectivity index (χ1v) is 10.5. The Bertz CT molecular complexity index is 1260. The number of carbonyl (C=O) groups excluding carboxylic acids is 4. The standard InChI is InChI=1S/C27H20N2O5/c30-24(16-15-19-9-3-1-4-10-19)28-23(17-20-11-5-2-6-12-20)27(33)34-18-29-25(31)21-13-7-8-14-22(21)26(29)32/h1-17H,18H2,(H,28,30)/b16-15+,23-17-. The van der Waals surface area contributed by atoms with Crippen LogP contribution in [0.25, 0.3) is 12.2 Å². The highest BCUT2D eigenvalue weighted by molar-refractivity contribution is 6.21. The molecule has 0 bridgehead atoms. The second kappa shape index (κ2) is 10.2. The molecule has 0 aromatic heterocycles. The van der Waals surface area contributed by atoms with E-state index >= 15 is 0 Å². The van der Waals surface area contributed by atoms with Crippen molar-refractivity contribution < 1.29 is 23.9 Å². The number of rotatable bonds is 7. The van der Waals surface area contributed by atoms with Gasteiger partial charge in [-0.1, -0.05) is 72.8 Å². The number of imide groups is 1. The van der Waals surface area contributed by atoms with Gasteiger partial charge >= 0.3 is 5.97 Å². The van der Waals surface area contributed by atoms with Crippen LogP contribution in [0.15, 0.2) is 96.7 Å². The Kier molecular flexibility index (Phi) is 6.74. The molecule has 0 atom stereocenters. The summed E-state index contributed by atoms with van der Waals surface area (Å²) < 4.78 is 5.23. The molecule has 34 heavy (non-hydrogen) atoms. The summed E-state index contributed by atoms with van der Waals surface area (Å²) in [5.41, 5.74) is 1.85. The molecule has 1 N–H and O–H groups in total. The summed E-state index contributed by atoms with van der Waals surface area (Å²) >= 11 is 0. The van der Waals surface area contributed by atoms with Gasteiger partial charge in [0.25, 0.3) is 11.8 Å². The lowest BCUT2D eigenvalue weighted by Gasteiger charge is -2.15. The number of fused-ring (bicyclic) bond motifs is 1. The fourth-order valence-corrected chi connectivity index (χ4v) is 3.33. The number of carbonyl (C=O) groups is 4. The fourth-order valence-electron chi connectivity index (χ4n) is 3.33. The van der Waals surface area contributed by atoms with Crippen LogP contribution in [0.2, 0.25) is 0 Å². The number of amides is 3. The molecule has 1 heterocycles. The van der Waals surface area contributed by atoms with Crippen molar-refractivity contribution in [3.63, 3.8) is 0 Å². The first-order valence-electron chi connectivity index (χ1n) is 10.5. The molecule has 0 radical (unpaired) electrons. The Morgan fingerprint density at radius 1 is 0.765 bits per heavy atom. The van der Waals surface area contributed by atoms with Gasteiger partial charge in [0, 0.05) is 6.08 Å². The molecule has 4 rings (SSSR count). The van der Waals surface area contributed by atoms with Crippen molar-refractivity contribution >= 4 is 35.8 Å². The zero-order valence-electron chi connectivity index (χ0n) is 18.0. The molecule has 0 spiro atoms. The lowest BCUT2D eigenvalue weighted by Crippen LogP contribution is -2.35. The number of esters is 1. The van der Waals surface area contributed by atoms with E-state index in [4.69, 9.17) is 4.74 Å². The predicted molar refractivity (Wildman–Crippen MR) is 126 cm³/mol. The van der Waals surface area contributed by atoms with E-state index in [-0.39, 0.29) is 16.8 Å². The van der Waals surface area contributed by atoms with Crippen molar-refractivity contribution in [2.24, 2.45) is 0 Å². The van der Waals surface area contributed by atoms with Crippen molar-refractivity contribution in [2.75, 3.05) is 6.73 Å². The SMILES string of the molecule is O=C(/C=C/c1ccccc1)N/C(=C\c1ccccc1)C(=O)OCN1C(=O)c2ccccc2C1=O. The van der Waals surface area contributed by atoms with Crippen molar-refractivity contribution in [2.45, 2.75) is 0 Å². The summed E-state index contributed by atoms with van der Waals surface area (Å²) in [7, 11) is 0. The molecule has 0 aliphatic carbocycles. The quantitative estimate of drug-likeness (QED) is 0.336. The smallest absolute Gasteiger partial charge is 0.356 e. The van der Waals surface area contributed by atoms with Gasteiger partial charge in [-0.15, -0.1) is 0 Å². The Morgan fingerprint density at radius 2 is 1.29 bits per heavy atom. The third kappa shape index (κ3) is 5.16. The van der Waals surface area contributed by atoms with Gasteiger partial charge in [-0.3, -0.25) is 14.4 Å². The van der Waals surface area contributed by atoms with E-state index in [1.165, 1.54) is 24.3 Å². The average molecular weight is 452 g/mol. The summed E-state index contributed by atoms with van der Waals surface area (Å²) in [5.74, 6) is -2.51. The summed E-state index contributed by atoms with van der Waals surface area (Å²) in [6.07, 6.45) is 4.37. The van der Waals surface area contributed by atoms with Crippen LogP contribution < -0.4 is 5.32 Å².